The molecule has 0 bridgehead atoms. The van der Waals surface area contributed by atoms with E-state index in [0.29, 0.717) is 18.7 Å². The molecule has 4 nitrogen and oxygen atoms in total. The van der Waals surface area contributed by atoms with Crippen LogP contribution in [-0.2, 0) is 4.74 Å². The highest BCUT2D eigenvalue weighted by Crippen LogP contribution is 2.12. The number of piperazine rings is 1. The summed E-state index contributed by atoms with van der Waals surface area (Å²) < 4.78 is 5.51. The molecular weight excluding hydrogens is 240 g/mol. The number of nitrogens with one attached hydrogen (secondary N) is 1. The molecule has 3 atom stereocenters. The van der Waals surface area contributed by atoms with Gasteiger partial charge in [0, 0.05) is 38.3 Å². The van der Waals surface area contributed by atoms with Gasteiger partial charge in [-0.25, -0.2) is 0 Å². The lowest BCUT2D eigenvalue weighted by Gasteiger charge is -2.40. The molecule has 0 radical (unpaired) electrons. The van der Waals surface area contributed by atoms with Crippen LogP contribution in [0.25, 0.3) is 0 Å². The van der Waals surface area contributed by atoms with Crippen LogP contribution in [0.2, 0.25) is 0 Å². The second-order valence-corrected chi connectivity index (χ2v) is 5.61. The number of unbranched alkanes of at least 4 members (excludes halogenated alkanes) is 1. The minimum atomic E-state index is -0.360. The van der Waals surface area contributed by atoms with E-state index in [2.05, 4.69) is 31.0 Å². The monoisotopic (exact) mass is 272 g/mol. The molecule has 1 aliphatic heterocycles. The molecule has 0 saturated carbocycles. The van der Waals surface area contributed by atoms with E-state index in [1.165, 1.54) is 0 Å². The number of rotatable bonds is 9. The number of nitrogens with zero attached hydrogens (tertiary/aromatic N) is 1. The molecule has 1 rings (SSSR count). The molecule has 1 saturated heterocycles. The highest BCUT2D eigenvalue weighted by atomic mass is 16.5. The number of β-amino-alcohol motifs (C(OH)–C–C–N with tert-alkyl or cyclic N) is 1. The topological polar surface area (TPSA) is 44.7 Å². The maximum Gasteiger partial charge on any atom is 0.0900 e. The minimum Gasteiger partial charge on any atom is -0.389 e. The van der Waals surface area contributed by atoms with Gasteiger partial charge in [-0.05, 0) is 19.3 Å². The van der Waals surface area contributed by atoms with Crippen LogP contribution in [0.4, 0.5) is 0 Å². The van der Waals surface area contributed by atoms with E-state index in [9.17, 15) is 5.11 Å². The second kappa shape index (κ2) is 9.70. The number of aliphatic hydroxyl groups is 1. The van der Waals surface area contributed by atoms with Gasteiger partial charge < -0.3 is 15.2 Å². The van der Waals surface area contributed by atoms with Gasteiger partial charge in [0.25, 0.3) is 0 Å². The van der Waals surface area contributed by atoms with Gasteiger partial charge >= 0.3 is 0 Å². The zero-order valence-electron chi connectivity index (χ0n) is 12.9. The van der Waals surface area contributed by atoms with Crippen molar-refractivity contribution in [1.29, 1.82) is 0 Å². The SMILES string of the molecule is CCCCOCC(O)CN1CC(CC)NCC1CC. The van der Waals surface area contributed by atoms with Gasteiger partial charge in [-0.3, -0.25) is 4.90 Å². The maximum atomic E-state index is 10.1. The third-order valence-electron chi connectivity index (χ3n) is 3.98. The van der Waals surface area contributed by atoms with Crippen molar-refractivity contribution in [3.8, 4) is 0 Å². The number of aliphatic hydroxyl groups excluding tert-OH is 1. The van der Waals surface area contributed by atoms with Crippen molar-refractivity contribution in [2.75, 3.05) is 32.8 Å². The number of hydrogen-bond donors (Lipinski definition) is 2. The first-order valence-electron chi connectivity index (χ1n) is 7.94. The lowest BCUT2D eigenvalue weighted by Crippen LogP contribution is -2.57. The molecule has 3 unspecified atom stereocenters. The molecule has 0 amide bonds. The predicted molar refractivity (Wildman–Crippen MR) is 79.5 cm³/mol. The Kier molecular flexibility index (Phi) is 8.62. The van der Waals surface area contributed by atoms with E-state index < -0.39 is 0 Å². The van der Waals surface area contributed by atoms with E-state index in [1.54, 1.807) is 0 Å². The van der Waals surface area contributed by atoms with E-state index in [-0.39, 0.29) is 6.10 Å². The molecule has 0 aliphatic carbocycles. The molecular formula is C15H32N2O2. The maximum absolute atomic E-state index is 10.1. The van der Waals surface area contributed by atoms with Crippen molar-refractivity contribution in [3.05, 3.63) is 0 Å². The zero-order chi connectivity index (χ0) is 14.1. The largest absolute Gasteiger partial charge is 0.389 e. The first-order valence-corrected chi connectivity index (χ1v) is 7.94. The van der Waals surface area contributed by atoms with E-state index in [4.69, 9.17) is 4.74 Å². The van der Waals surface area contributed by atoms with Gasteiger partial charge in [0.05, 0.1) is 12.7 Å². The van der Waals surface area contributed by atoms with Crippen LogP contribution in [0.15, 0.2) is 0 Å². The van der Waals surface area contributed by atoms with Crippen LogP contribution < -0.4 is 5.32 Å². The molecule has 1 aliphatic rings. The molecule has 0 aromatic heterocycles. The Morgan fingerprint density at radius 2 is 2.11 bits per heavy atom. The lowest BCUT2D eigenvalue weighted by atomic mass is 10.0. The average molecular weight is 272 g/mol. The predicted octanol–water partition coefficient (Wildman–Crippen LogP) is 1.63. The van der Waals surface area contributed by atoms with Crippen molar-refractivity contribution in [3.63, 3.8) is 0 Å². The Morgan fingerprint density at radius 1 is 1.32 bits per heavy atom. The van der Waals surface area contributed by atoms with Crippen molar-refractivity contribution < 1.29 is 9.84 Å². The van der Waals surface area contributed by atoms with Crippen molar-refractivity contribution in [1.82, 2.24) is 10.2 Å². The molecule has 0 aromatic carbocycles. The summed E-state index contributed by atoms with van der Waals surface area (Å²) in [6.07, 6.45) is 4.14. The van der Waals surface area contributed by atoms with E-state index in [0.717, 1.165) is 51.9 Å². The normalized spacial score (nSPS) is 26.5. The summed E-state index contributed by atoms with van der Waals surface area (Å²) in [5, 5.41) is 13.7. The van der Waals surface area contributed by atoms with Gasteiger partial charge in [0.15, 0.2) is 0 Å². The Balaban J connectivity index is 2.30. The molecule has 0 spiro atoms. The van der Waals surface area contributed by atoms with Crippen molar-refractivity contribution in [2.45, 2.75) is 64.6 Å². The third kappa shape index (κ3) is 6.21. The van der Waals surface area contributed by atoms with Crippen LogP contribution in [0, 0.1) is 0 Å². The summed E-state index contributed by atoms with van der Waals surface area (Å²) in [6.45, 7) is 10.6. The fourth-order valence-electron chi connectivity index (χ4n) is 2.62. The van der Waals surface area contributed by atoms with E-state index >= 15 is 0 Å². The van der Waals surface area contributed by atoms with Gasteiger partial charge in [-0.15, -0.1) is 0 Å². The Bertz CT molecular complexity index is 226. The Morgan fingerprint density at radius 3 is 2.74 bits per heavy atom. The molecule has 19 heavy (non-hydrogen) atoms. The summed E-state index contributed by atoms with van der Waals surface area (Å²) in [4.78, 5) is 2.43. The smallest absolute Gasteiger partial charge is 0.0900 e. The van der Waals surface area contributed by atoms with Crippen LogP contribution in [0.1, 0.15) is 46.5 Å². The van der Waals surface area contributed by atoms with E-state index in [1.807, 2.05) is 0 Å². The molecule has 1 heterocycles. The highest BCUT2D eigenvalue weighted by Gasteiger charge is 2.27. The molecule has 0 aromatic rings. The van der Waals surface area contributed by atoms with Gasteiger partial charge in [0.1, 0.15) is 0 Å². The fraction of sp³-hybridized carbons (Fsp3) is 1.00. The minimum absolute atomic E-state index is 0.360. The number of hydrogen-bond acceptors (Lipinski definition) is 4. The second-order valence-electron chi connectivity index (χ2n) is 5.61. The van der Waals surface area contributed by atoms with Gasteiger partial charge in [-0.2, -0.15) is 0 Å². The standard InChI is InChI=1S/C15H32N2O2/c1-4-7-8-19-12-15(18)11-17-10-13(5-2)16-9-14(17)6-3/h13-16,18H,4-12H2,1-3H3. The Hall–Kier alpha value is -0.160. The molecule has 2 N–H and O–H groups in total. The first kappa shape index (κ1) is 16.9. The Labute approximate surface area is 118 Å². The summed E-state index contributed by atoms with van der Waals surface area (Å²) in [5.41, 5.74) is 0. The van der Waals surface area contributed by atoms with Crippen molar-refractivity contribution in [2.24, 2.45) is 0 Å². The van der Waals surface area contributed by atoms with Crippen LogP contribution in [0.5, 0.6) is 0 Å². The summed E-state index contributed by atoms with van der Waals surface area (Å²) in [7, 11) is 0. The van der Waals surface area contributed by atoms with Crippen LogP contribution in [-0.4, -0.2) is 61.0 Å². The summed E-state index contributed by atoms with van der Waals surface area (Å²) >= 11 is 0. The summed E-state index contributed by atoms with van der Waals surface area (Å²) in [5.74, 6) is 0. The zero-order valence-corrected chi connectivity index (χ0v) is 12.9. The highest BCUT2D eigenvalue weighted by molar-refractivity contribution is 4.85. The fourth-order valence-corrected chi connectivity index (χ4v) is 2.62. The quantitative estimate of drug-likeness (QED) is 0.626. The molecule has 1 fully saturated rings. The van der Waals surface area contributed by atoms with Gasteiger partial charge in [0.2, 0.25) is 0 Å². The lowest BCUT2D eigenvalue weighted by molar-refractivity contribution is -0.00147. The van der Waals surface area contributed by atoms with Crippen molar-refractivity contribution >= 4 is 0 Å². The molecule has 4 heteroatoms. The average Bonchev–Trinajstić information content (AvgIpc) is 2.43. The first-order chi connectivity index (χ1) is 9.21. The third-order valence-corrected chi connectivity index (χ3v) is 3.98. The van der Waals surface area contributed by atoms with Crippen LogP contribution >= 0.6 is 0 Å². The van der Waals surface area contributed by atoms with Crippen LogP contribution in [0.3, 0.4) is 0 Å². The summed E-state index contributed by atoms with van der Waals surface area (Å²) in [6, 6.07) is 1.11. The van der Waals surface area contributed by atoms with Gasteiger partial charge in [-0.1, -0.05) is 27.2 Å². The molecule has 114 valence electrons. The number of ether oxygens (including phenoxy) is 1.